The van der Waals surface area contributed by atoms with Crippen LogP contribution in [-0.2, 0) is 6.18 Å². The molecule has 4 nitrogen and oxygen atoms in total. The second kappa shape index (κ2) is 5.65. The molecule has 4 rings (SSSR count). The van der Waals surface area contributed by atoms with E-state index in [0.717, 1.165) is 12.3 Å². The molecule has 2 heterocycles. The van der Waals surface area contributed by atoms with Gasteiger partial charge in [-0.1, -0.05) is 49.3 Å². The Morgan fingerprint density at radius 3 is 2.46 bits per heavy atom. The molecule has 1 fully saturated rings. The second-order valence-electron chi connectivity index (χ2n) is 7.10. The number of halogens is 3. The maximum atomic E-state index is 12.9. The summed E-state index contributed by atoms with van der Waals surface area (Å²) in [5, 5.41) is 3.87. The normalized spacial score (nSPS) is 21.6. The summed E-state index contributed by atoms with van der Waals surface area (Å²) in [6, 6.07) is 11.0. The van der Waals surface area contributed by atoms with E-state index in [1.54, 1.807) is 0 Å². The summed E-state index contributed by atoms with van der Waals surface area (Å²) in [7, 11) is 0. The SMILES string of the molecule is CC1(C)[C@@H](c2ccccc2)[C@@H]1c1nc(-c2cncc(C(F)(F)F)c2)no1. The third-order valence-electron chi connectivity index (χ3n) is 5.02. The third-order valence-corrected chi connectivity index (χ3v) is 5.02. The van der Waals surface area contributed by atoms with E-state index in [0.29, 0.717) is 5.89 Å². The van der Waals surface area contributed by atoms with Gasteiger partial charge < -0.3 is 4.52 Å². The Balaban J connectivity index is 1.64. The molecule has 1 saturated carbocycles. The molecule has 0 bridgehead atoms. The standard InChI is InChI=1S/C19H16F3N3O/c1-18(2)14(11-6-4-3-5-7-11)15(18)17-24-16(25-26-17)12-8-13(10-23-9-12)19(20,21)22/h3-10,14-15H,1-2H3/t14-,15+/m0/s1. The van der Waals surface area contributed by atoms with Crippen molar-refractivity contribution < 1.29 is 17.7 Å². The molecule has 0 N–H and O–H groups in total. The highest BCUT2D eigenvalue weighted by Gasteiger charge is 2.61. The van der Waals surface area contributed by atoms with Crippen LogP contribution in [0.5, 0.6) is 0 Å². The van der Waals surface area contributed by atoms with Crippen LogP contribution in [0.4, 0.5) is 13.2 Å². The quantitative estimate of drug-likeness (QED) is 0.656. The van der Waals surface area contributed by atoms with Crippen LogP contribution in [0.3, 0.4) is 0 Å². The number of pyridine rings is 1. The highest BCUT2D eigenvalue weighted by atomic mass is 19.4. The number of aromatic nitrogens is 3. The van der Waals surface area contributed by atoms with Crippen molar-refractivity contribution in [3.63, 3.8) is 0 Å². The molecule has 1 aliphatic rings. The number of nitrogens with zero attached hydrogens (tertiary/aromatic N) is 3. The average molecular weight is 359 g/mol. The van der Waals surface area contributed by atoms with E-state index in [1.807, 2.05) is 18.2 Å². The number of hydrogen-bond donors (Lipinski definition) is 0. The van der Waals surface area contributed by atoms with Crippen LogP contribution >= 0.6 is 0 Å². The lowest BCUT2D eigenvalue weighted by Crippen LogP contribution is -2.05. The molecule has 0 radical (unpaired) electrons. The van der Waals surface area contributed by atoms with E-state index in [2.05, 4.69) is 41.1 Å². The van der Waals surface area contributed by atoms with E-state index < -0.39 is 11.7 Å². The van der Waals surface area contributed by atoms with Crippen molar-refractivity contribution in [3.05, 3.63) is 65.8 Å². The predicted octanol–water partition coefficient (Wildman–Crippen LogP) is 5.06. The molecule has 0 spiro atoms. The van der Waals surface area contributed by atoms with Crippen molar-refractivity contribution in [1.82, 2.24) is 15.1 Å². The summed E-state index contributed by atoms with van der Waals surface area (Å²) >= 11 is 0. The van der Waals surface area contributed by atoms with Gasteiger partial charge in [0.25, 0.3) is 0 Å². The molecular weight excluding hydrogens is 343 g/mol. The number of hydrogen-bond acceptors (Lipinski definition) is 4. The molecule has 1 aromatic carbocycles. The van der Waals surface area contributed by atoms with Gasteiger partial charge in [-0.25, -0.2) is 0 Å². The van der Waals surface area contributed by atoms with Gasteiger partial charge in [-0.05, 0) is 17.0 Å². The third kappa shape index (κ3) is 2.77. The van der Waals surface area contributed by atoms with Crippen LogP contribution in [0.2, 0.25) is 0 Å². The van der Waals surface area contributed by atoms with Gasteiger partial charge in [-0.15, -0.1) is 0 Å². The summed E-state index contributed by atoms with van der Waals surface area (Å²) in [6.07, 6.45) is -2.39. The number of rotatable bonds is 3. The highest BCUT2D eigenvalue weighted by molar-refractivity contribution is 5.54. The van der Waals surface area contributed by atoms with E-state index in [4.69, 9.17) is 4.52 Å². The Bertz CT molecular complexity index is 934. The lowest BCUT2D eigenvalue weighted by Gasteiger charge is -2.05. The smallest absolute Gasteiger partial charge is 0.339 e. The highest BCUT2D eigenvalue weighted by Crippen LogP contribution is 2.69. The minimum Gasteiger partial charge on any atom is -0.339 e. The van der Waals surface area contributed by atoms with Gasteiger partial charge in [-0.3, -0.25) is 4.98 Å². The lowest BCUT2D eigenvalue weighted by molar-refractivity contribution is -0.137. The Morgan fingerprint density at radius 2 is 1.77 bits per heavy atom. The summed E-state index contributed by atoms with van der Waals surface area (Å²) in [6.45, 7) is 4.23. The zero-order chi connectivity index (χ0) is 18.5. The molecule has 0 aliphatic heterocycles. The largest absolute Gasteiger partial charge is 0.417 e. The minimum atomic E-state index is -4.47. The van der Waals surface area contributed by atoms with Crippen LogP contribution in [0.1, 0.15) is 42.7 Å². The first kappa shape index (κ1) is 16.8. The van der Waals surface area contributed by atoms with Gasteiger partial charge in [0.05, 0.1) is 11.5 Å². The fraction of sp³-hybridized carbons (Fsp3) is 0.316. The first-order valence-corrected chi connectivity index (χ1v) is 8.19. The molecule has 1 aliphatic carbocycles. The maximum absolute atomic E-state index is 12.9. The van der Waals surface area contributed by atoms with E-state index in [1.165, 1.54) is 11.8 Å². The zero-order valence-electron chi connectivity index (χ0n) is 14.2. The van der Waals surface area contributed by atoms with Crippen molar-refractivity contribution in [1.29, 1.82) is 0 Å². The molecule has 26 heavy (non-hydrogen) atoms. The molecule has 0 unspecified atom stereocenters. The zero-order valence-corrected chi connectivity index (χ0v) is 14.2. The van der Waals surface area contributed by atoms with Crippen molar-refractivity contribution >= 4 is 0 Å². The molecule has 3 aromatic rings. The fourth-order valence-electron chi connectivity index (χ4n) is 3.58. The van der Waals surface area contributed by atoms with Crippen LogP contribution in [0.25, 0.3) is 11.4 Å². The Kier molecular flexibility index (Phi) is 3.64. The van der Waals surface area contributed by atoms with Crippen LogP contribution in [-0.4, -0.2) is 15.1 Å². The summed E-state index contributed by atoms with van der Waals surface area (Å²) < 4.78 is 44.0. The Hall–Kier alpha value is -2.70. The van der Waals surface area contributed by atoms with Gasteiger partial charge >= 0.3 is 6.18 Å². The van der Waals surface area contributed by atoms with Gasteiger partial charge in [0, 0.05) is 23.9 Å². The summed E-state index contributed by atoms with van der Waals surface area (Å²) in [5.74, 6) is 0.825. The monoisotopic (exact) mass is 359 g/mol. The number of alkyl halides is 3. The average Bonchev–Trinajstić information content (AvgIpc) is 2.95. The Morgan fingerprint density at radius 1 is 1.04 bits per heavy atom. The van der Waals surface area contributed by atoms with E-state index >= 15 is 0 Å². The van der Waals surface area contributed by atoms with Crippen LogP contribution in [0.15, 0.2) is 53.3 Å². The molecule has 7 heteroatoms. The lowest BCUT2D eigenvalue weighted by atomic mass is 10.0. The molecular formula is C19H16F3N3O. The molecule has 134 valence electrons. The van der Waals surface area contributed by atoms with Gasteiger partial charge in [-0.2, -0.15) is 18.2 Å². The van der Waals surface area contributed by atoms with Crippen molar-refractivity contribution in [2.24, 2.45) is 5.41 Å². The molecule has 2 aromatic heterocycles. The fourth-order valence-corrected chi connectivity index (χ4v) is 3.58. The van der Waals surface area contributed by atoms with Crippen molar-refractivity contribution in [3.8, 4) is 11.4 Å². The van der Waals surface area contributed by atoms with Gasteiger partial charge in [0.15, 0.2) is 0 Å². The van der Waals surface area contributed by atoms with Crippen LogP contribution < -0.4 is 0 Å². The molecule has 0 saturated heterocycles. The van der Waals surface area contributed by atoms with Gasteiger partial charge in [0.1, 0.15) is 0 Å². The van der Waals surface area contributed by atoms with E-state index in [-0.39, 0.29) is 28.6 Å². The van der Waals surface area contributed by atoms with Crippen molar-refractivity contribution in [2.45, 2.75) is 31.9 Å². The predicted molar refractivity (Wildman–Crippen MR) is 88.2 cm³/mol. The maximum Gasteiger partial charge on any atom is 0.417 e. The first-order chi connectivity index (χ1) is 12.3. The van der Waals surface area contributed by atoms with E-state index in [9.17, 15) is 13.2 Å². The molecule has 2 atom stereocenters. The van der Waals surface area contributed by atoms with Crippen molar-refractivity contribution in [2.75, 3.05) is 0 Å². The topological polar surface area (TPSA) is 51.8 Å². The summed E-state index contributed by atoms with van der Waals surface area (Å²) in [4.78, 5) is 8.00. The van der Waals surface area contributed by atoms with Crippen LogP contribution in [0, 0.1) is 5.41 Å². The van der Waals surface area contributed by atoms with Gasteiger partial charge in [0.2, 0.25) is 11.7 Å². The summed E-state index contributed by atoms with van der Waals surface area (Å²) in [5.41, 5.74) is 0.472. The molecule has 0 amide bonds. The Labute approximate surface area is 148 Å². The number of benzene rings is 1. The second-order valence-corrected chi connectivity index (χ2v) is 7.10. The first-order valence-electron chi connectivity index (χ1n) is 8.19. The minimum absolute atomic E-state index is 0.0323.